The summed E-state index contributed by atoms with van der Waals surface area (Å²) in [6.45, 7) is 3.80. The summed E-state index contributed by atoms with van der Waals surface area (Å²) in [5.41, 5.74) is 1.04. The van der Waals surface area contributed by atoms with Crippen molar-refractivity contribution < 1.29 is 13.9 Å². The van der Waals surface area contributed by atoms with E-state index in [-0.39, 0.29) is 17.8 Å². The van der Waals surface area contributed by atoms with Crippen LogP contribution in [0.5, 0.6) is 0 Å². The first-order chi connectivity index (χ1) is 8.52. The van der Waals surface area contributed by atoms with Gasteiger partial charge in [-0.2, -0.15) is 0 Å². The standard InChI is InChI=1S/C13H11BrO4/c1-3-17-13(16)12-6-10(15)8-5-9(14)7(2)4-11(8)18-12/h4-6H,3H2,1-2H3. The van der Waals surface area contributed by atoms with E-state index in [1.807, 2.05) is 6.92 Å². The molecular formula is C13H11BrO4. The van der Waals surface area contributed by atoms with Crippen LogP contribution in [-0.4, -0.2) is 12.6 Å². The van der Waals surface area contributed by atoms with Gasteiger partial charge in [0.2, 0.25) is 5.76 Å². The van der Waals surface area contributed by atoms with Crippen LogP contribution in [0.3, 0.4) is 0 Å². The molecule has 0 N–H and O–H groups in total. The molecule has 0 radical (unpaired) electrons. The fraction of sp³-hybridized carbons (Fsp3) is 0.231. The number of aryl methyl sites for hydroxylation is 1. The third-order valence-corrected chi connectivity index (χ3v) is 3.34. The lowest BCUT2D eigenvalue weighted by Crippen LogP contribution is -2.10. The van der Waals surface area contributed by atoms with Gasteiger partial charge in [-0.1, -0.05) is 15.9 Å². The Morgan fingerprint density at radius 2 is 2.11 bits per heavy atom. The van der Waals surface area contributed by atoms with Crippen molar-refractivity contribution in [3.8, 4) is 0 Å². The Bertz CT molecular complexity index is 672. The van der Waals surface area contributed by atoms with Crippen molar-refractivity contribution in [1.82, 2.24) is 0 Å². The molecule has 1 aromatic carbocycles. The summed E-state index contributed by atoms with van der Waals surface area (Å²) >= 11 is 3.35. The van der Waals surface area contributed by atoms with Gasteiger partial charge in [0, 0.05) is 10.5 Å². The third-order valence-electron chi connectivity index (χ3n) is 2.49. The average molecular weight is 311 g/mol. The van der Waals surface area contributed by atoms with Crippen LogP contribution < -0.4 is 5.43 Å². The fourth-order valence-corrected chi connectivity index (χ4v) is 1.92. The van der Waals surface area contributed by atoms with Crippen LogP contribution in [0.25, 0.3) is 11.0 Å². The molecule has 0 atom stereocenters. The maximum atomic E-state index is 11.9. The maximum Gasteiger partial charge on any atom is 0.374 e. The number of fused-ring (bicyclic) bond motifs is 1. The Morgan fingerprint density at radius 3 is 2.78 bits per heavy atom. The molecule has 0 aliphatic rings. The zero-order valence-corrected chi connectivity index (χ0v) is 11.5. The number of hydrogen-bond donors (Lipinski definition) is 0. The maximum absolute atomic E-state index is 11.9. The first kappa shape index (κ1) is 12.8. The summed E-state index contributed by atoms with van der Waals surface area (Å²) in [6.07, 6.45) is 0. The van der Waals surface area contributed by atoms with Gasteiger partial charge in [-0.25, -0.2) is 4.79 Å². The minimum Gasteiger partial charge on any atom is -0.460 e. The lowest BCUT2D eigenvalue weighted by atomic mass is 10.1. The van der Waals surface area contributed by atoms with E-state index in [0.29, 0.717) is 11.0 Å². The number of benzene rings is 1. The van der Waals surface area contributed by atoms with Gasteiger partial charge in [-0.3, -0.25) is 4.79 Å². The second-order valence-electron chi connectivity index (χ2n) is 3.79. The zero-order chi connectivity index (χ0) is 13.3. The van der Waals surface area contributed by atoms with Gasteiger partial charge in [-0.05, 0) is 31.5 Å². The van der Waals surface area contributed by atoms with Crippen molar-refractivity contribution >= 4 is 32.9 Å². The number of esters is 1. The lowest BCUT2D eigenvalue weighted by molar-refractivity contribution is 0.0490. The van der Waals surface area contributed by atoms with Crippen LogP contribution in [0, 0.1) is 6.92 Å². The zero-order valence-electron chi connectivity index (χ0n) is 9.95. The molecule has 18 heavy (non-hydrogen) atoms. The fourth-order valence-electron chi connectivity index (χ4n) is 1.58. The Morgan fingerprint density at radius 1 is 1.39 bits per heavy atom. The van der Waals surface area contributed by atoms with Crippen molar-refractivity contribution in [1.29, 1.82) is 0 Å². The molecule has 0 unspecified atom stereocenters. The monoisotopic (exact) mass is 310 g/mol. The summed E-state index contributed by atoms with van der Waals surface area (Å²) < 4.78 is 11.0. The van der Waals surface area contributed by atoms with Gasteiger partial charge in [0.25, 0.3) is 0 Å². The Hall–Kier alpha value is -1.62. The van der Waals surface area contributed by atoms with Crippen molar-refractivity contribution in [2.45, 2.75) is 13.8 Å². The smallest absolute Gasteiger partial charge is 0.374 e. The van der Waals surface area contributed by atoms with E-state index in [2.05, 4.69) is 15.9 Å². The number of carbonyl (C=O) groups excluding carboxylic acids is 1. The van der Waals surface area contributed by atoms with E-state index in [1.54, 1.807) is 19.1 Å². The van der Waals surface area contributed by atoms with Gasteiger partial charge < -0.3 is 9.15 Å². The highest BCUT2D eigenvalue weighted by Crippen LogP contribution is 2.22. The second kappa shape index (κ2) is 4.94. The van der Waals surface area contributed by atoms with Crippen LogP contribution >= 0.6 is 15.9 Å². The van der Waals surface area contributed by atoms with E-state index in [4.69, 9.17) is 9.15 Å². The van der Waals surface area contributed by atoms with Crippen molar-refractivity contribution in [3.05, 3.63) is 44.2 Å². The first-order valence-corrected chi connectivity index (χ1v) is 6.23. The number of carbonyl (C=O) groups is 1. The first-order valence-electron chi connectivity index (χ1n) is 5.44. The minimum atomic E-state index is -0.628. The van der Waals surface area contributed by atoms with Gasteiger partial charge in [0.05, 0.1) is 12.0 Å². The molecule has 0 aliphatic heterocycles. The van der Waals surface area contributed by atoms with Crippen molar-refractivity contribution in [3.63, 3.8) is 0 Å². The highest BCUT2D eigenvalue weighted by Gasteiger charge is 2.13. The predicted molar refractivity (Wildman–Crippen MR) is 70.9 cm³/mol. The molecule has 2 rings (SSSR count). The molecular weight excluding hydrogens is 300 g/mol. The summed E-state index contributed by atoms with van der Waals surface area (Å²) in [4.78, 5) is 23.4. The molecule has 0 fully saturated rings. The lowest BCUT2D eigenvalue weighted by Gasteiger charge is -2.04. The molecule has 94 valence electrons. The van der Waals surface area contributed by atoms with Crippen LogP contribution in [0.4, 0.5) is 0 Å². The van der Waals surface area contributed by atoms with Gasteiger partial charge in [0.15, 0.2) is 5.43 Å². The molecule has 0 bridgehead atoms. The van der Waals surface area contributed by atoms with Gasteiger partial charge in [0.1, 0.15) is 5.58 Å². The SMILES string of the molecule is CCOC(=O)c1cc(=O)c2cc(Br)c(C)cc2o1. The molecule has 1 heterocycles. The van der Waals surface area contributed by atoms with Crippen molar-refractivity contribution in [2.75, 3.05) is 6.61 Å². The predicted octanol–water partition coefficient (Wildman–Crippen LogP) is 3.04. The summed E-state index contributed by atoms with van der Waals surface area (Å²) in [6, 6.07) is 4.55. The van der Waals surface area contributed by atoms with Crippen molar-refractivity contribution in [2.24, 2.45) is 0 Å². The van der Waals surface area contributed by atoms with E-state index in [9.17, 15) is 9.59 Å². The third kappa shape index (κ3) is 2.31. The van der Waals surface area contributed by atoms with E-state index >= 15 is 0 Å². The normalized spacial score (nSPS) is 10.6. The summed E-state index contributed by atoms with van der Waals surface area (Å²) in [5, 5.41) is 0.431. The quantitative estimate of drug-likeness (QED) is 0.800. The highest BCUT2D eigenvalue weighted by atomic mass is 79.9. The summed E-state index contributed by atoms with van der Waals surface area (Å²) in [7, 11) is 0. The molecule has 5 heteroatoms. The molecule has 0 spiro atoms. The minimum absolute atomic E-state index is 0.0731. The molecule has 1 aromatic heterocycles. The molecule has 0 saturated heterocycles. The van der Waals surface area contributed by atoms with Gasteiger partial charge >= 0.3 is 5.97 Å². The largest absolute Gasteiger partial charge is 0.460 e. The van der Waals surface area contributed by atoms with E-state index < -0.39 is 5.97 Å². The van der Waals surface area contributed by atoms with E-state index in [0.717, 1.165) is 16.1 Å². The van der Waals surface area contributed by atoms with Crippen LogP contribution in [-0.2, 0) is 4.74 Å². The van der Waals surface area contributed by atoms with Crippen LogP contribution in [0.15, 0.2) is 31.9 Å². The number of hydrogen-bond acceptors (Lipinski definition) is 4. The highest BCUT2D eigenvalue weighted by molar-refractivity contribution is 9.10. The van der Waals surface area contributed by atoms with E-state index in [1.165, 1.54) is 0 Å². The molecule has 0 amide bonds. The summed E-state index contributed by atoms with van der Waals surface area (Å²) in [5.74, 6) is -0.701. The number of ether oxygens (including phenoxy) is 1. The van der Waals surface area contributed by atoms with Crippen LogP contribution in [0.1, 0.15) is 23.0 Å². The Balaban J connectivity index is 2.65. The topological polar surface area (TPSA) is 56.5 Å². The molecule has 0 saturated carbocycles. The Labute approximate surface area is 112 Å². The second-order valence-corrected chi connectivity index (χ2v) is 4.65. The van der Waals surface area contributed by atoms with Crippen LogP contribution in [0.2, 0.25) is 0 Å². The molecule has 2 aromatic rings. The average Bonchev–Trinajstić information content (AvgIpc) is 2.32. The molecule has 0 aliphatic carbocycles. The number of rotatable bonds is 2. The van der Waals surface area contributed by atoms with Gasteiger partial charge in [-0.15, -0.1) is 0 Å². The Kier molecular flexibility index (Phi) is 3.52. The number of halogens is 1. The molecule has 4 nitrogen and oxygen atoms in total.